The molecule has 0 saturated heterocycles. The largest absolute Gasteiger partial charge is 0.371 e. The number of rotatable bonds is 3. The Morgan fingerprint density at radius 2 is 2.24 bits per heavy atom. The summed E-state index contributed by atoms with van der Waals surface area (Å²) in [6.07, 6.45) is 0.172. The van der Waals surface area contributed by atoms with Crippen molar-refractivity contribution < 1.29 is 4.74 Å². The highest BCUT2D eigenvalue weighted by molar-refractivity contribution is 5.82. The Labute approximate surface area is 100 Å². The smallest absolute Gasteiger partial charge is 0.135 e. The summed E-state index contributed by atoms with van der Waals surface area (Å²) in [5, 5.41) is 9.02. The lowest BCUT2D eigenvalue weighted by molar-refractivity contribution is 0.0602. The van der Waals surface area contributed by atoms with Crippen molar-refractivity contribution in [1.82, 2.24) is 9.55 Å². The lowest BCUT2D eigenvalue weighted by Crippen LogP contribution is -2.06. The summed E-state index contributed by atoms with van der Waals surface area (Å²) in [5.74, 6) is 0.844. The van der Waals surface area contributed by atoms with Crippen LogP contribution in [0.1, 0.15) is 25.2 Å². The molecule has 0 radical (unpaired) electrons. The van der Waals surface area contributed by atoms with Crippen molar-refractivity contribution in [2.75, 3.05) is 0 Å². The van der Waals surface area contributed by atoms with Gasteiger partial charge in [-0.3, -0.25) is 0 Å². The van der Waals surface area contributed by atoms with E-state index in [0.717, 1.165) is 16.9 Å². The molecule has 1 heterocycles. The van der Waals surface area contributed by atoms with Crippen molar-refractivity contribution in [2.24, 2.45) is 7.05 Å². The molecule has 2 aromatic rings. The average Bonchev–Trinajstić information content (AvgIpc) is 2.64. The van der Waals surface area contributed by atoms with Crippen LogP contribution in [0.25, 0.3) is 11.0 Å². The Morgan fingerprint density at radius 3 is 2.88 bits per heavy atom. The molecule has 0 aliphatic rings. The zero-order chi connectivity index (χ0) is 12.4. The van der Waals surface area contributed by atoms with E-state index in [0.29, 0.717) is 12.2 Å². The molecule has 0 spiro atoms. The number of ether oxygens (including phenoxy) is 1. The fourth-order valence-electron chi connectivity index (χ4n) is 1.72. The number of nitrogens with zero attached hydrogens (tertiary/aromatic N) is 3. The number of aromatic nitrogens is 2. The molecular formula is C13H15N3O. The summed E-state index contributed by atoms with van der Waals surface area (Å²) < 4.78 is 7.52. The minimum absolute atomic E-state index is 0.172. The van der Waals surface area contributed by atoms with Crippen LogP contribution in [-0.2, 0) is 18.4 Å². The minimum atomic E-state index is 0.172. The van der Waals surface area contributed by atoms with Crippen LogP contribution in [0.15, 0.2) is 18.2 Å². The minimum Gasteiger partial charge on any atom is -0.371 e. The molecule has 0 N–H and O–H groups in total. The number of hydrogen-bond acceptors (Lipinski definition) is 3. The first-order chi connectivity index (χ1) is 8.13. The van der Waals surface area contributed by atoms with E-state index in [4.69, 9.17) is 10.00 Å². The second-order valence-electron chi connectivity index (χ2n) is 4.23. The Bertz CT molecular complexity index is 578. The van der Waals surface area contributed by atoms with Gasteiger partial charge in [0.05, 0.1) is 17.2 Å². The van der Waals surface area contributed by atoms with Gasteiger partial charge in [0, 0.05) is 7.05 Å². The third kappa shape index (κ3) is 2.15. The topological polar surface area (TPSA) is 50.8 Å². The highest BCUT2D eigenvalue weighted by Crippen LogP contribution is 2.19. The molecule has 0 unspecified atom stereocenters. The number of para-hydroxylation sites is 1. The van der Waals surface area contributed by atoms with Crippen LogP contribution in [0.5, 0.6) is 0 Å². The molecular weight excluding hydrogens is 214 g/mol. The van der Waals surface area contributed by atoms with Crippen molar-refractivity contribution >= 4 is 11.0 Å². The van der Waals surface area contributed by atoms with Crippen molar-refractivity contribution in [3.8, 4) is 6.07 Å². The van der Waals surface area contributed by atoms with Crippen LogP contribution in [0.3, 0.4) is 0 Å². The molecule has 1 aromatic carbocycles. The van der Waals surface area contributed by atoms with Crippen molar-refractivity contribution in [2.45, 2.75) is 26.6 Å². The Balaban J connectivity index is 2.46. The summed E-state index contributed by atoms with van der Waals surface area (Å²) in [7, 11) is 1.94. The first-order valence-corrected chi connectivity index (χ1v) is 5.59. The number of benzene rings is 1. The Morgan fingerprint density at radius 1 is 1.47 bits per heavy atom. The molecule has 0 atom stereocenters. The zero-order valence-corrected chi connectivity index (χ0v) is 10.3. The Hall–Kier alpha value is -1.86. The second kappa shape index (κ2) is 4.56. The number of aryl methyl sites for hydroxylation is 1. The van der Waals surface area contributed by atoms with Crippen LogP contribution >= 0.6 is 0 Å². The first kappa shape index (κ1) is 11.6. The summed E-state index contributed by atoms with van der Waals surface area (Å²) in [4.78, 5) is 4.47. The highest BCUT2D eigenvalue weighted by Gasteiger charge is 2.11. The predicted octanol–water partition coefficient (Wildman–Crippen LogP) is 2.37. The standard InChI is InChI=1S/C13H15N3O/c1-9(2)17-8-12-15-13-10(7-14)5-4-6-11(13)16(12)3/h4-6,9H,8H2,1-3H3. The third-order valence-electron chi connectivity index (χ3n) is 2.67. The molecule has 1 aromatic heterocycles. The van der Waals surface area contributed by atoms with E-state index in [1.165, 1.54) is 0 Å². The van der Waals surface area contributed by atoms with Crippen LogP contribution in [0, 0.1) is 11.3 Å². The first-order valence-electron chi connectivity index (χ1n) is 5.59. The van der Waals surface area contributed by atoms with Gasteiger partial charge in [-0.1, -0.05) is 6.07 Å². The maximum Gasteiger partial charge on any atom is 0.135 e. The second-order valence-corrected chi connectivity index (χ2v) is 4.23. The van der Waals surface area contributed by atoms with E-state index in [-0.39, 0.29) is 6.10 Å². The number of fused-ring (bicyclic) bond motifs is 1. The van der Waals surface area contributed by atoms with E-state index in [1.54, 1.807) is 6.07 Å². The van der Waals surface area contributed by atoms with Gasteiger partial charge < -0.3 is 9.30 Å². The lowest BCUT2D eigenvalue weighted by Gasteiger charge is -2.06. The predicted molar refractivity (Wildman–Crippen MR) is 65.4 cm³/mol. The van der Waals surface area contributed by atoms with Crippen LogP contribution < -0.4 is 0 Å². The quantitative estimate of drug-likeness (QED) is 0.811. The SMILES string of the molecule is CC(C)OCc1nc2c(C#N)cccc2n1C. The molecule has 0 aliphatic carbocycles. The van der Waals surface area contributed by atoms with E-state index >= 15 is 0 Å². The van der Waals surface area contributed by atoms with Gasteiger partial charge in [-0.25, -0.2) is 4.98 Å². The van der Waals surface area contributed by atoms with E-state index in [9.17, 15) is 0 Å². The van der Waals surface area contributed by atoms with Crippen LogP contribution in [0.4, 0.5) is 0 Å². The number of imidazole rings is 1. The highest BCUT2D eigenvalue weighted by atomic mass is 16.5. The molecule has 0 fully saturated rings. The molecule has 0 amide bonds. The van der Waals surface area contributed by atoms with Gasteiger partial charge in [0.25, 0.3) is 0 Å². The summed E-state index contributed by atoms with van der Waals surface area (Å²) in [6.45, 7) is 4.44. The monoisotopic (exact) mass is 229 g/mol. The normalized spacial score (nSPS) is 11.0. The molecule has 17 heavy (non-hydrogen) atoms. The molecule has 4 nitrogen and oxygen atoms in total. The average molecular weight is 229 g/mol. The lowest BCUT2D eigenvalue weighted by atomic mass is 10.2. The van der Waals surface area contributed by atoms with Crippen molar-refractivity contribution in [1.29, 1.82) is 5.26 Å². The fraction of sp³-hybridized carbons (Fsp3) is 0.385. The zero-order valence-electron chi connectivity index (χ0n) is 10.3. The van der Waals surface area contributed by atoms with Gasteiger partial charge in [0.15, 0.2) is 0 Å². The molecule has 0 bridgehead atoms. The molecule has 88 valence electrons. The molecule has 2 rings (SSSR count). The van der Waals surface area contributed by atoms with Gasteiger partial charge in [-0.05, 0) is 26.0 Å². The maximum atomic E-state index is 9.02. The number of hydrogen-bond donors (Lipinski definition) is 0. The summed E-state index contributed by atoms with van der Waals surface area (Å²) >= 11 is 0. The van der Waals surface area contributed by atoms with Crippen LogP contribution in [-0.4, -0.2) is 15.7 Å². The van der Waals surface area contributed by atoms with E-state index in [1.807, 2.05) is 37.6 Å². The molecule has 4 heteroatoms. The van der Waals surface area contributed by atoms with Gasteiger partial charge in [-0.15, -0.1) is 0 Å². The van der Waals surface area contributed by atoms with E-state index in [2.05, 4.69) is 11.1 Å². The summed E-state index contributed by atoms with van der Waals surface area (Å²) in [5.41, 5.74) is 2.32. The fourth-order valence-corrected chi connectivity index (χ4v) is 1.72. The molecule has 0 saturated carbocycles. The number of nitriles is 1. The van der Waals surface area contributed by atoms with Crippen molar-refractivity contribution in [3.63, 3.8) is 0 Å². The maximum absolute atomic E-state index is 9.02. The summed E-state index contributed by atoms with van der Waals surface area (Å²) in [6, 6.07) is 7.77. The van der Waals surface area contributed by atoms with Crippen LogP contribution in [0.2, 0.25) is 0 Å². The van der Waals surface area contributed by atoms with Gasteiger partial charge in [0.1, 0.15) is 24.0 Å². The molecule has 0 aliphatic heterocycles. The van der Waals surface area contributed by atoms with Crippen molar-refractivity contribution in [3.05, 3.63) is 29.6 Å². The van der Waals surface area contributed by atoms with Gasteiger partial charge >= 0.3 is 0 Å². The Kier molecular flexibility index (Phi) is 3.12. The third-order valence-corrected chi connectivity index (χ3v) is 2.67. The van der Waals surface area contributed by atoms with Gasteiger partial charge in [-0.2, -0.15) is 5.26 Å². The van der Waals surface area contributed by atoms with Gasteiger partial charge in [0.2, 0.25) is 0 Å². The van der Waals surface area contributed by atoms with E-state index < -0.39 is 0 Å².